The van der Waals surface area contributed by atoms with E-state index < -0.39 is 5.91 Å². The van der Waals surface area contributed by atoms with Crippen molar-refractivity contribution in [3.63, 3.8) is 0 Å². The number of carbonyl (C=O) groups is 2. The van der Waals surface area contributed by atoms with E-state index in [1.807, 2.05) is 49.4 Å². The number of hydrazine groups is 1. The normalized spacial score (nSPS) is 10.0. The first-order valence-corrected chi connectivity index (χ1v) is 9.78. The molecule has 2 amide bonds. The highest BCUT2D eigenvalue weighted by Crippen LogP contribution is 2.19. The lowest BCUT2D eigenvalue weighted by Gasteiger charge is -2.13. The van der Waals surface area contributed by atoms with Crippen LogP contribution < -0.4 is 20.9 Å². The highest BCUT2D eigenvalue weighted by molar-refractivity contribution is 7.80. The van der Waals surface area contributed by atoms with Crippen LogP contribution in [0.15, 0.2) is 78.9 Å². The molecule has 7 heteroatoms. The lowest BCUT2D eigenvalue weighted by atomic mass is 10.0. The molecule has 0 aliphatic rings. The average Bonchev–Trinajstić information content (AvgIpc) is 2.78. The maximum absolute atomic E-state index is 12.4. The highest BCUT2D eigenvalue weighted by Gasteiger charge is 2.14. The van der Waals surface area contributed by atoms with E-state index >= 15 is 0 Å². The van der Waals surface area contributed by atoms with Gasteiger partial charge in [-0.3, -0.25) is 25.8 Å². The second kappa shape index (κ2) is 10.2. The van der Waals surface area contributed by atoms with Crippen molar-refractivity contribution in [1.82, 2.24) is 16.2 Å². The summed E-state index contributed by atoms with van der Waals surface area (Å²) in [5.41, 5.74) is 7.90. The quantitative estimate of drug-likeness (QED) is 0.434. The fourth-order valence-corrected chi connectivity index (χ4v) is 2.91. The van der Waals surface area contributed by atoms with Gasteiger partial charge in [-0.25, -0.2) is 0 Å². The fourth-order valence-electron chi connectivity index (χ4n) is 2.77. The zero-order valence-corrected chi connectivity index (χ0v) is 17.2. The molecule has 152 valence electrons. The maximum atomic E-state index is 12.4. The Labute approximate surface area is 180 Å². The van der Waals surface area contributed by atoms with E-state index in [9.17, 15) is 9.59 Å². The molecule has 0 saturated heterocycles. The molecular formula is C23H21N3O3S. The van der Waals surface area contributed by atoms with Gasteiger partial charge in [0.2, 0.25) is 0 Å². The van der Waals surface area contributed by atoms with Gasteiger partial charge >= 0.3 is 0 Å². The number of hydrogen-bond donors (Lipinski definition) is 3. The molecular weight excluding hydrogens is 398 g/mol. The molecule has 0 aromatic heterocycles. The van der Waals surface area contributed by atoms with Crippen LogP contribution in [-0.4, -0.2) is 23.5 Å². The molecule has 0 heterocycles. The van der Waals surface area contributed by atoms with E-state index in [0.717, 1.165) is 11.1 Å². The van der Waals surface area contributed by atoms with Crippen molar-refractivity contribution in [2.75, 3.05) is 6.61 Å². The largest absolute Gasteiger partial charge is 0.493 e. The number of carbonyl (C=O) groups excluding carboxylic acids is 2. The average molecular weight is 420 g/mol. The minimum absolute atomic E-state index is 0.0273. The second-order valence-corrected chi connectivity index (χ2v) is 6.64. The van der Waals surface area contributed by atoms with Gasteiger partial charge in [0.1, 0.15) is 5.75 Å². The Hall–Kier alpha value is -3.71. The third-order valence-corrected chi connectivity index (χ3v) is 4.41. The van der Waals surface area contributed by atoms with Gasteiger partial charge in [-0.05, 0) is 54.5 Å². The number of rotatable bonds is 5. The summed E-state index contributed by atoms with van der Waals surface area (Å²) in [6.07, 6.45) is 0. The summed E-state index contributed by atoms with van der Waals surface area (Å²) in [5.74, 6) is -0.346. The first kappa shape index (κ1) is 21.0. The first-order chi connectivity index (χ1) is 14.6. The van der Waals surface area contributed by atoms with Crippen molar-refractivity contribution < 1.29 is 14.3 Å². The summed E-state index contributed by atoms with van der Waals surface area (Å²) in [6, 6.07) is 23.9. The van der Waals surface area contributed by atoms with Crippen LogP contribution in [0, 0.1) is 0 Å². The van der Waals surface area contributed by atoms with Gasteiger partial charge in [-0.2, -0.15) is 0 Å². The van der Waals surface area contributed by atoms with Crippen molar-refractivity contribution in [2.24, 2.45) is 0 Å². The molecule has 0 radical (unpaired) electrons. The van der Waals surface area contributed by atoms with E-state index in [1.54, 1.807) is 36.4 Å². The van der Waals surface area contributed by atoms with Crippen LogP contribution in [-0.2, 0) is 0 Å². The summed E-state index contributed by atoms with van der Waals surface area (Å²) in [6.45, 7) is 2.27. The predicted octanol–water partition coefficient (Wildman–Crippen LogP) is 3.70. The van der Waals surface area contributed by atoms with Crippen molar-refractivity contribution in [1.29, 1.82) is 0 Å². The van der Waals surface area contributed by atoms with Crippen LogP contribution in [0.3, 0.4) is 0 Å². The molecule has 3 rings (SSSR count). The van der Waals surface area contributed by atoms with Gasteiger partial charge in [-0.1, -0.05) is 54.6 Å². The Kier molecular flexibility index (Phi) is 7.13. The predicted molar refractivity (Wildman–Crippen MR) is 120 cm³/mol. The van der Waals surface area contributed by atoms with Gasteiger partial charge in [0.15, 0.2) is 5.11 Å². The summed E-state index contributed by atoms with van der Waals surface area (Å²) in [5, 5.41) is 2.49. The molecule has 3 N–H and O–H groups in total. The summed E-state index contributed by atoms with van der Waals surface area (Å²) < 4.78 is 5.44. The fraction of sp³-hybridized carbons (Fsp3) is 0.0870. The zero-order valence-electron chi connectivity index (χ0n) is 16.3. The third kappa shape index (κ3) is 5.42. The summed E-state index contributed by atoms with van der Waals surface area (Å²) >= 11 is 5.09. The van der Waals surface area contributed by atoms with Crippen LogP contribution in [0.1, 0.15) is 27.6 Å². The number of benzene rings is 3. The molecule has 0 unspecified atom stereocenters. The van der Waals surface area contributed by atoms with E-state index in [0.29, 0.717) is 23.5 Å². The van der Waals surface area contributed by atoms with Crippen LogP contribution in [0.4, 0.5) is 0 Å². The standard InChI is InChI=1S/C23H21N3O3S/c1-2-29-20-11-7-6-10-19(20)22(28)24-23(30)26-25-21(27)18-14-12-17(13-15-18)16-8-4-3-5-9-16/h3-15H,2H2,1H3,(H,25,27)(H2,24,26,28,30). The van der Waals surface area contributed by atoms with Crippen LogP contribution >= 0.6 is 12.2 Å². The minimum atomic E-state index is -0.432. The Morgan fingerprint density at radius 2 is 1.43 bits per heavy atom. The van der Waals surface area contributed by atoms with Crippen molar-refractivity contribution in [2.45, 2.75) is 6.92 Å². The highest BCUT2D eigenvalue weighted by atomic mass is 32.1. The smallest absolute Gasteiger partial charge is 0.269 e. The molecule has 3 aromatic carbocycles. The Morgan fingerprint density at radius 3 is 2.13 bits per heavy atom. The number of hydrogen-bond acceptors (Lipinski definition) is 4. The second-order valence-electron chi connectivity index (χ2n) is 6.23. The number of amides is 2. The van der Waals surface area contributed by atoms with Gasteiger partial charge in [-0.15, -0.1) is 0 Å². The van der Waals surface area contributed by atoms with E-state index in [4.69, 9.17) is 17.0 Å². The summed E-state index contributed by atoms with van der Waals surface area (Å²) in [7, 11) is 0. The Bertz CT molecular complexity index is 1040. The number of para-hydroxylation sites is 1. The zero-order chi connectivity index (χ0) is 21.3. The van der Waals surface area contributed by atoms with Crippen molar-refractivity contribution >= 4 is 29.1 Å². The lowest BCUT2D eigenvalue weighted by Crippen LogP contribution is -2.48. The number of ether oxygens (including phenoxy) is 1. The van der Waals surface area contributed by atoms with Crippen LogP contribution in [0.25, 0.3) is 11.1 Å². The summed E-state index contributed by atoms with van der Waals surface area (Å²) in [4.78, 5) is 24.7. The molecule has 30 heavy (non-hydrogen) atoms. The number of nitrogens with one attached hydrogen (secondary N) is 3. The molecule has 0 aliphatic heterocycles. The van der Waals surface area contributed by atoms with Gasteiger partial charge in [0.05, 0.1) is 12.2 Å². The lowest BCUT2D eigenvalue weighted by molar-refractivity contribution is 0.0933. The maximum Gasteiger partial charge on any atom is 0.269 e. The van der Waals surface area contributed by atoms with E-state index in [2.05, 4.69) is 16.2 Å². The monoisotopic (exact) mass is 419 g/mol. The molecule has 0 aliphatic carbocycles. The van der Waals surface area contributed by atoms with E-state index in [1.165, 1.54) is 0 Å². The SMILES string of the molecule is CCOc1ccccc1C(=O)NC(=S)NNC(=O)c1ccc(-c2ccccc2)cc1. The Morgan fingerprint density at radius 1 is 0.800 bits per heavy atom. The molecule has 0 bridgehead atoms. The van der Waals surface area contributed by atoms with Gasteiger partial charge < -0.3 is 4.74 Å². The van der Waals surface area contributed by atoms with Crippen molar-refractivity contribution in [3.05, 3.63) is 90.0 Å². The molecule has 6 nitrogen and oxygen atoms in total. The topological polar surface area (TPSA) is 79.5 Å². The van der Waals surface area contributed by atoms with E-state index in [-0.39, 0.29) is 11.0 Å². The molecule has 0 spiro atoms. The Balaban J connectivity index is 1.54. The molecule has 3 aromatic rings. The first-order valence-electron chi connectivity index (χ1n) is 9.37. The van der Waals surface area contributed by atoms with Crippen LogP contribution in [0.5, 0.6) is 5.75 Å². The number of thiocarbonyl (C=S) groups is 1. The molecule has 0 saturated carbocycles. The van der Waals surface area contributed by atoms with Crippen LogP contribution in [0.2, 0.25) is 0 Å². The minimum Gasteiger partial charge on any atom is -0.493 e. The van der Waals surface area contributed by atoms with Gasteiger partial charge in [0, 0.05) is 5.56 Å². The van der Waals surface area contributed by atoms with Crippen molar-refractivity contribution in [3.8, 4) is 16.9 Å². The molecule has 0 fully saturated rings. The van der Waals surface area contributed by atoms with Gasteiger partial charge in [0.25, 0.3) is 11.8 Å². The molecule has 0 atom stereocenters. The third-order valence-electron chi connectivity index (χ3n) is 4.20.